The maximum absolute atomic E-state index is 5.80. The van der Waals surface area contributed by atoms with Crippen LogP contribution in [0.3, 0.4) is 0 Å². The highest BCUT2D eigenvalue weighted by Gasteiger charge is 2.34. The zero-order valence-corrected chi connectivity index (χ0v) is 15.3. The highest BCUT2D eigenvalue weighted by atomic mass is 16.5. The number of aryl methyl sites for hydroxylation is 3. The Morgan fingerprint density at radius 1 is 1.20 bits per heavy atom. The molecule has 0 saturated carbocycles. The average Bonchev–Trinajstić information content (AvgIpc) is 3.21. The van der Waals surface area contributed by atoms with Gasteiger partial charge in [0, 0.05) is 30.4 Å². The minimum atomic E-state index is 0.248. The summed E-state index contributed by atoms with van der Waals surface area (Å²) in [5.41, 5.74) is 4.20. The molecule has 2 aromatic heterocycles. The van der Waals surface area contributed by atoms with Gasteiger partial charge in [0.05, 0.1) is 44.2 Å². The number of nitrogens with one attached hydrogen (secondary N) is 1. The van der Waals surface area contributed by atoms with Gasteiger partial charge in [0.1, 0.15) is 5.82 Å². The van der Waals surface area contributed by atoms with Crippen molar-refractivity contribution in [3.63, 3.8) is 0 Å². The molecule has 0 unspecified atom stereocenters. The Bertz CT molecular complexity index is 753. The molecule has 4 rings (SSSR count). The van der Waals surface area contributed by atoms with E-state index in [0.717, 1.165) is 67.7 Å². The molecule has 1 N–H and O–H groups in total. The van der Waals surface area contributed by atoms with E-state index < -0.39 is 0 Å². The van der Waals surface area contributed by atoms with Gasteiger partial charge in [-0.15, -0.1) is 0 Å². The molecule has 4 heterocycles. The van der Waals surface area contributed by atoms with Gasteiger partial charge >= 0.3 is 0 Å². The van der Waals surface area contributed by atoms with Gasteiger partial charge < -0.3 is 14.8 Å². The van der Waals surface area contributed by atoms with Gasteiger partial charge in [-0.2, -0.15) is 9.61 Å². The highest BCUT2D eigenvalue weighted by molar-refractivity contribution is 5.56. The van der Waals surface area contributed by atoms with E-state index >= 15 is 0 Å². The lowest BCUT2D eigenvalue weighted by atomic mass is 10.1. The number of hydrogen-bond acceptors (Lipinski definition) is 6. The van der Waals surface area contributed by atoms with Crippen LogP contribution < -0.4 is 5.32 Å². The van der Waals surface area contributed by atoms with Crippen LogP contribution in [-0.4, -0.2) is 71.1 Å². The van der Waals surface area contributed by atoms with Crippen LogP contribution in [0.25, 0.3) is 5.65 Å². The molecule has 2 aromatic rings. The van der Waals surface area contributed by atoms with Crippen molar-refractivity contribution >= 4 is 11.5 Å². The SMILES string of the molecule is CCc1cc(N[C@@H]2COC[C@H]2N2CCOCC2)n2nc(C)c(C)c2n1. The molecule has 0 bridgehead atoms. The normalized spacial score (nSPS) is 24.9. The van der Waals surface area contributed by atoms with Crippen molar-refractivity contribution in [3.8, 4) is 0 Å². The molecule has 25 heavy (non-hydrogen) atoms. The maximum Gasteiger partial charge on any atom is 0.160 e. The number of anilines is 1. The summed E-state index contributed by atoms with van der Waals surface area (Å²) in [6.45, 7) is 11.3. The Morgan fingerprint density at radius 3 is 2.76 bits per heavy atom. The molecule has 2 saturated heterocycles. The second-order valence-electron chi connectivity index (χ2n) is 6.94. The standard InChI is InChI=1S/C18H27N5O2/c1-4-14-9-17(23-18(19-14)12(2)13(3)21-23)20-15-10-25-11-16(15)22-5-7-24-8-6-22/h9,15-16,20H,4-8,10-11H2,1-3H3/t15-,16-/m1/s1. The molecule has 2 fully saturated rings. The first-order valence-electron chi connectivity index (χ1n) is 9.19. The van der Waals surface area contributed by atoms with E-state index in [-0.39, 0.29) is 6.04 Å². The van der Waals surface area contributed by atoms with Crippen LogP contribution in [0.1, 0.15) is 23.9 Å². The first-order valence-corrected chi connectivity index (χ1v) is 9.19. The van der Waals surface area contributed by atoms with Crippen LogP contribution in [0.2, 0.25) is 0 Å². The van der Waals surface area contributed by atoms with E-state index in [4.69, 9.17) is 14.5 Å². The molecule has 2 atom stereocenters. The number of rotatable bonds is 4. The van der Waals surface area contributed by atoms with Crippen LogP contribution in [0.5, 0.6) is 0 Å². The van der Waals surface area contributed by atoms with Crippen LogP contribution in [-0.2, 0) is 15.9 Å². The summed E-state index contributed by atoms with van der Waals surface area (Å²) in [6.07, 6.45) is 0.906. The third-order valence-electron chi connectivity index (χ3n) is 5.37. The smallest absolute Gasteiger partial charge is 0.160 e. The summed E-state index contributed by atoms with van der Waals surface area (Å²) in [4.78, 5) is 7.24. The number of aromatic nitrogens is 3. The molecule has 2 aliphatic rings. The van der Waals surface area contributed by atoms with Gasteiger partial charge in [0.2, 0.25) is 0 Å². The van der Waals surface area contributed by atoms with Crippen LogP contribution in [0, 0.1) is 13.8 Å². The van der Waals surface area contributed by atoms with E-state index in [9.17, 15) is 0 Å². The summed E-state index contributed by atoms with van der Waals surface area (Å²) < 4.78 is 13.2. The first kappa shape index (κ1) is 16.8. The fraction of sp³-hybridized carbons (Fsp3) is 0.667. The summed E-state index contributed by atoms with van der Waals surface area (Å²) in [5.74, 6) is 1.01. The Hall–Kier alpha value is -1.70. The van der Waals surface area contributed by atoms with E-state index in [0.29, 0.717) is 12.6 Å². The fourth-order valence-corrected chi connectivity index (χ4v) is 3.70. The Labute approximate surface area is 148 Å². The van der Waals surface area contributed by atoms with Gasteiger partial charge in [-0.25, -0.2) is 4.98 Å². The van der Waals surface area contributed by atoms with Crippen LogP contribution in [0.15, 0.2) is 6.07 Å². The Morgan fingerprint density at radius 2 is 2.00 bits per heavy atom. The largest absolute Gasteiger partial charge is 0.379 e. The van der Waals surface area contributed by atoms with Crippen molar-refractivity contribution in [2.75, 3.05) is 44.8 Å². The predicted octanol–water partition coefficient (Wildman–Crippen LogP) is 1.42. The molecule has 136 valence electrons. The minimum Gasteiger partial charge on any atom is -0.379 e. The zero-order valence-electron chi connectivity index (χ0n) is 15.3. The van der Waals surface area contributed by atoms with Crippen molar-refractivity contribution in [2.24, 2.45) is 0 Å². The fourth-order valence-electron chi connectivity index (χ4n) is 3.70. The quantitative estimate of drug-likeness (QED) is 0.904. The second kappa shape index (κ2) is 6.90. The zero-order chi connectivity index (χ0) is 17.4. The maximum atomic E-state index is 5.80. The third kappa shape index (κ3) is 3.12. The van der Waals surface area contributed by atoms with Gasteiger partial charge in [-0.3, -0.25) is 4.90 Å². The van der Waals surface area contributed by atoms with Crippen LogP contribution >= 0.6 is 0 Å². The Balaban J connectivity index is 1.64. The average molecular weight is 345 g/mol. The van der Waals surface area contributed by atoms with Crippen molar-refractivity contribution < 1.29 is 9.47 Å². The summed E-state index contributed by atoms with van der Waals surface area (Å²) in [6, 6.07) is 2.74. The third-order valence-corrected chi connectivity index (χ3v) is 5.37. The second-order valence-corrected chi connectivity index (χ2v) is 6.94. The molecular weight excluding hydrogens is 318 g/mol. The Kier molecular flexibility index (Phi) is 4.62. The molecular formula is C18H27N5O2. The number of morpholine rings is 1. The van der Waals surface area contributed by atoms with Crippen LogP contribution in [0.4, 0.5) is 5.82 Å². The summed E-state index contributed by atoms with van der Waals surface area (Å²) in [7, 11) is 0. The van der Waals surface area contributed by atoms with Crippen molar-refractivity contribution in [3.05, 3.63) is 23.0 Å². The van der Waals surface area contributed by atoms with Crippen molar-refractivity contribution in [1.29, 1.82) is 0 Å². The van der Waals surface area contributed by atoms with E-state index in [1.54, 1.807) is 0 Å². The molecule has 7 nitrogen and oxygen atoms in total. The van der Waals surface area contributed by atoms with Gasteiger partial charge in [0.25, 0.3) is 0 Å². The molecule has 0 aromatic carbocycles. The first-order chi connectivity index (χ1) is 12.2. The lowest BCUT2D eigenvalue weighted by molar-refractivity contribution is 0.0130. The lowest BCUT2D eigenvalue weighted by Gasteiger charge is -2.34. The molecule has 0 radical (unpaired) electrons. The number of fused-ring (bicyclic) bond motifs is 1. The predicted molar refractivity (Wildman–Crippen MR) is 96.2 cm³/mol. The highest BCUT2D eigenvalue weighted by Crippen LogP contribution is 2.23. The molecule has 2 aliphatic heterocycles. The topological polar surface area (TPSA) is 63.9 Å². The van der Waals surface area contributed by atoms with Gasteiger partial charge in [0.15, 0.2) is 5.65 Å². The van der Waals surface area contributed by atoms with E-state index in [1.165, 1.54) is 0 Å². The van der Waals surface area contributed by atoms with E-state index in [2.05, 4.69) is 35.2 Å². The minimum absolute atomic E-state index is 0.248. The monoisotopic (exact) mass is 345 g/mol. The lowest BCUT2D eigenvalue weighted by Crippen LogP contribution is -2.51. The molecule has 0 amide bonds. The number of nitrogens with zero attached hydrogens (tertiary/aromatic N) is 4. The van der Waals surface area contributed by atoms with Crippen molar-refractivity contribution in [1.82, 2.24) is 19.5 Å². The van der Waals surface area contributed by atoms with Gasteiger partial charge in [-0.05, 0) is 20.3 Å². The molecule has 0 aliphatic carbocycles. The number of ether oxygens (including phenoxy) is 2. The van der Waals surface area contributed by atoms with E-state index in [1.807, 2.05) is 11.4 Å². The van der Waals surface area contributed by atoms with Gasteiger partial charge in [-0.1, -0.05) is 6.92 Å². The summed E-state index contributed by atoms with van der Waals surface area (Å²) >= 11 is 0. The number of hydrogen-bond donors (Lipinski definition) is 1. The molecule has 0 spiro atoms. The van der Waals surface area contributed by atoms with Crippen molar-refractivity contribution in [2.45, 2.75) is 39.3 Å². The summed E-state index contributed by atoms with van der Waals surface area (Å²) in [5, 5.41) is 8.38. The molecule has 7 heteroatoms.